The molecular weight excluding hydrogens is 178 g/mol. The van der Waals surface area contributed by atoms with Gasteiger partial charge in [0.25, 0.3) is 5.97 Å². The molecule has 0 unspecified atom stereocenters. The Kier molecular flexibility index (Phi) is 5.87. The summed E-state index contributed by atoms with van der Waals surface area (Å²) < 4.78 is 0. The molecule has 0 bridgehead atoms. The highest BCUT2D eigenvalue weighted by Crippen LogP contribution is 1.66. The van der Waals surface area contributed by atoms with E-state index < -0.39 is 5.97 Å². The van der Waals surface area contributed by atoms with E-state index in [0.29, 0.717) is 0 Å². The van der Waals surface area contributed by atoms with Crippen LogP contribution in [0.3, 0.4) is 0 Å². The molecule has 1 heterocycles. The van der Waals surface area contributed by atoms with Gasteiger partial charge in [-0.25, -0.2) is 0 Å². The number of aliphatic carboxylic acids is 1. The van der Waals surface area contributed by atoms with Gasteiger partial charge in [0.15, 0.2) is 0 Å². The zero-order chi connectivity index (χ0) is 11.0. The lowest BCUT2D eigenvalue weighted by Gasteiger charge is -1.74. The average molecular weight is 193 g/mol. The van der Waals surface area contributed by atoms with Crippen molar-refractivity contribution in [3.63, 3.8) is 0 Å². The van der Waals surface area contributed by atoms with Gasteiger partial charge in [0.2, 0.25) is 0 Å². The summed E-state index contributed by atoms with van der Waals surface area (Å²) in [7, 11) is 0. The molecule has 14 heavy (non-hydrogen) atoms. The maximum Gasteiger partial charge on any atom is 0.300 e. The quantitative estimate of drug-likeness (QED) is 0.695. The number of carbonyl (C=O) groups is 1. The molecular formula is C11H15NO2. The number of H-pyrrole nitrogens is 1. The largest absolute Gasteiger partial charge is 0.481 e. The summed E-state index contributed by atoms with van der Waals surface area (Å²) in [4.78, 5) is 12.1. The Balaban J connectivity index is 0.000000364. The van der Waals surface area contributed by atoms with E-state index >= 15 is 0 Å². The Morgan fingerprint density at radius 1 is 1.64 bits per heavy atom. The number of rotatable bonds is 1. The molecule has 0 aliphatic heterocycles. The fourth-order valence-electron chi connectivity index (χ4n) is 0.908. The predicted octanol–water partition coefficient (Wildman–Crippen LogP) is 0.872. The molecule has 0 aliphatic rings. The molecule has 3 heteroatoms. The molecule has 3 nitrogen and oxygen atoms in total. The molecule has 76 valence electrons. The van der Waals surface area contributed by atoms with Gasteiger partial charge >= 0.3 is 0 Å². The monoisotopic (exact) mass is 193 g/mol. The number of hydrogen-bond donors (Lipinski definition) is 2. The molecule has 0 saturated carbocycles. The summed E-state index contributed by atoms with van der Waals surface area (Å²) in [6.45, 7) is 6.72. The molecule has 0 radical (unpaired) electrons. The molecule has 1 rings (SSSR count). The number of nitrogens with one attached hydrogen (secondary N) is 1. The Morgan fingerprint density at radius 2 is 2.21 bits per heavy atom. The summed E-state index contributed by atoms with van der Waals surface area (Å²) in [5.41, 5.74) is 0. The number of carboxylic acid groups (broad SMARTS) is 1. The Bertz CT molecular complexity index is 397. The molecule has 0 amide bonds. The van der Waals surface area contributed by atoms with Crippen molar-refractivity contribution in [1.82, 2.24) is 4.98 Å². The SMILES string of the molecule is C=C/C=c1/[nH]cc/c1=C/C.CC(=O)O. The maximum absolute atomic E-state index is 9.00. The highest BCUT2D eigenvalue weighted by Gasteiger charge is 1.79. The molecule has 1 aromatic rings. The highest BCUT2D eigenvalue weighted by atomic mass is 16.4. The average Bonchev–Trinajstić information content (AvgIpc) is 2.51. The van der Waals surface area contributed by atoms with Crippen LogP contribution in [0.4, 0.5) is 0 Å². The van der Waals surface area contributed by atoms with E-state index in [4.69, 9.17) is 9.90 Å². The zero-order valence-corrected chi connectivity index (χ0v) is 8.45. The lowest BCUT2D eigenvalue weighted by atomic mass is 10.4. The summed E-state index contributed by atoms with van der Waals surface area (Å²) in [5.74, 6) is -0.833. The van der Waals surface area contributed by atoms with Gasteiger partial charge in [-0.2, -0.15) is 0 Å². The van der Waals surface area contributed by atoms with Crippen molar-refractivity contribution in [2.45, 2.75) is 13.8 Å². The van der Waals surface area contributed by atoms with E-state index in [1.807, 2.05) is 25.3 Å². The molecule has 0 saturated heterocycles. The van der Waals surface area contributed by atoms with E-state index in [1.165, 1.54) is 5.22 Å². The minimum atomic E-state index is -0.833. The number of hydrogen-bond acceptors (Lipinski definition) is 1. The van der Waals surface area contributed by atoms with E-state index in [1.54, 1.807) is 6.08 Å². The van der Waals surface area contributed by atoms with Crippen molar-refractivity contribution in [2.75, 3.05) is 0 Å². The summed E-state index contributed by atoms with van der Waals surface area (Å²) >= 11 is 0. The normalized spacial score (nSPS) is 11.9. The fourth-order valence-corrected chi connectivity index (χ4v) is 0.908. The fraction of sp³-hybridized carbons (Fsp3) is 0.182. The second kappa shape index (κ2) is 6.71. The third kappa shape index (κ3) is 4.98. The molecule has 2 N–H and O–H groups in total. The standard InChI is InChI=1S/C9H11N.C2H4O2/c1-3-5-9-8(4-2)6-7-10-9;1-2(3)4/h3-7,10H,1H2,2H3;1H3,(H,3,4)/b8-4-,9-5+;. The Morgan fingerprint density at radius 3 is 2.64 bits per heavy atom. The molecule has 0 spiro atoms. The van der Waals surface area contributed by atoms with Gasteiger partial charge in [-0.15, -0.1) is 0 Å². The van der Waals surface area contributed by atoms with Crippen LogP contribution in [0.2, 0.25) is 0 Å². The van der Waals surface area contributed by atoms with E-state index in [-0.39, 0.29) is 0 Å². The van der Waals surface area contributed by atoms with Crippen LogP contribution in [0.25, 0.3) is 12.2 Å². The minimum absolute atomic E-state index is 0.833. The lowest BCUT2D eigenvalue weighted by molar-refractivity contribution is -0.134. The topological polar surface area (TPSA) is 53.1 Å². The summed E-state index contributed by atoms with van der Waals surface area (Å²) in [5, 5.41) is 9.76. The van der Waals surface area contributed by atoms with Crippen LogP contribution in [0.5, 0.6) is 0 Å². The first-order valence-corrected chi connectivity index (χ1v) is 4.23. The third-order valence-electron chi connectivity index (χ3n) is 1.41. The van der Waals surface area contributed by atoms with Crippen LogP contribution in [-0.4, -0.2) is 16.1 Å². The predicted molar refractivity (Wildman–Crippen MR) is 58.2 cm³/mol. The lowest BCUT2D eigenvalue weighted by Crippen LogP contribution is -2.20. The van der Waals surface area contributed by atoms with Crippen molar-refractivity contribution < 1.29 is 9.90 Å². The van der Waals surface area contributed by atoms with Crippen LogP contribution in [0.1, 0.15) is 13.8 Å². The van der Waals surface area contributed by atoms with E-state index in [0.717, 1.165) is 12.3 Å². The smallest absolute Gasteiger partial charge is 0.300 e. The van der Waals surface area contributed by atoms with Crippen LogP contribution >= 0.6 is 0 Å². The second-order valence-corrected chi connectivity index (χ2v) is 2.56. The highest BCUT2D eigenvalue weighted by molar-refractivity contribution is 5.62. The summed E-state index contributed by atoms with van der Waals surface area (Å²) in [6.07, 6.45) is 7.71. The van der Waals surface area contributed by atoms with Crippen molar-refractivity contribution in [3.05, 3.63) is 35.5 Å². The van der Waals surface area contributed by atoms with Crippen molar-refractivity contribution in [1.29, 1.82) is 0 Å². The first kappa shape index (κ1) is 12.2. The first-order chi connectivity index (χ1) is 6.61. The van der Waals surface area contributed by atoms with Crippen LogP contribution in [-0.2, 0) is 4.79 Å². The van der Waals surface area contributed by atoms with Gasteiger partial charge in [-0.05, 0) is 24.3 Å². The van der Waals surface area contributed by atoms with Gasteiger partial charge in [0.1, 0.15) is 0 Å². The van der Waals surface area contributed by atoms with Gasteiger partial charge < -0.3 is 10.1 Å². The van der Waals surface area contributed by atoms with Crippen LogP contribution in [0.15, 0.2) is 24.9 Å². The molecule has 1 aromatic heterocycles. The first-order valence-electron chi connectivity index (χ1n) is 4.23. The van der Waals surface area contributed by atoms with Crippen molar-refractivity contribution in [3.8, 4) is 0 Å². The Hall–Kier alpha value is -1.77. The van der Waals surface area contributed by atoms with Gasteiger partial charge in [0, 0.05) is 18.5 Å². The van der Waals surface area contributed by atoms with Crippen LogP contribution in [0, 0.1) is 0 Å². The number of allylic oxidation sites excluding steroid dienone is 1. The van der Waals surface area contributed by atoms with Gasteiger partial charge in [-0.3, -0.25) is 4.79 Å². The molecule has 0 fully saturated rings. The van der Waals surface area contributed by atoms with Gasteiger partial charge in [-0.1, -0.05) is 18.7 Å². The molecule has 0 atom stereocenters. The third-order valence-corrected chi connectivity index (χ3v) is 1.41. The minimum Gasteiger partial charge on any atom is -0.481 e. The van der Waals surface area contributed by atoms with Gasteiger partial charge in [0.05, 0.1) is 0 Å². The van der Waals surface area contributed by atoms with Crippen LogP contribution < -0.4 is 10.6 Å². The number of aromatic nitrogens is 1. The second-order valence-electron chi connectivity index (χ2n) is 2.56. The Labute approximate surface area is 83.1 Å². The van der Waals surface area contributed by atoms with Crippen molar-refractivity contribution >= 4 is 18.1 Å². The number of aromatic amines is 1. The van der Waals surface area contributed by atoms with Crippen molar-refractivity contribution in [2.24, 2.45) is 0 Å². The van der Waals surface area contributed by atoms with E-state index in [2.05, 4.69) is 17.6 Å². The molecule has 0 aromatic carbocycles. The summed E-state index contributed by atoms with van der Waals surface area (Å²) in [6, 6.07) is 2.04. The zero-order valence-electron chi connectivity index (χ0n) is 8.45. The number of carboxylic acids is 1. The van der Waals surface area contributed by atoms with E-state index in [9.17, 15) is 0 Å². The molecule has 0 aliphatic carbocycles. The maximum atomic E-state index is 9.00.